The number of benzene rings is 1. The first-order chi connectivity index (χ1) is 11.7. The second kappa shape index (κ2) is 7.76. The fourth-order valence-electron chi connectivity index (χ4n) is 2.32. The van der Waals surface area contributed by atoms with Crippen molar-refractivity contribution in [1.82, 2.24) is 4.98 Å². The van der Waals surface area contributed by atoms with E-state index in [9.17, 15) is 4.79 Å². The van der Waals surface area contributed by atoms with Crippen molar-refractivity contribution in [2.24, 2.45) is 5.10 Å². The van der Waals surface area contributed by atoms with E-state index in [0.29, 0.717) is 17.4 Å². The average Bonchev–Trinajstić information content (AvgIpc) is 3.17. The molecule has 1 aromatic carbocycles. The Morgan fingerprint density at radius 2 is 2.46 bits per heavy atom. The molecular formula is C16H16BrN3O3S. The monoisotopic (exact) mass is 409 g/mol. The Morgan fingerprint density at radius 1 is 1.58 bits per heavy atom. The molecule has 0 saturated heterocycles. The molecule has 0 bridgehead atoms. The number of thiazole rings is 1. The van der Waals surface area contributed by atoms with E-state index in [0.717, 1.165) is 28.8 Å². The molecule has 0 radical (unpaired) electrons. The summed E-state index contributed by atoms with van der Waals surface area (Å²) < 4.78 is 11.4. The third kappa shape index (κ3) is 4.12. The van der Waals surface area contributed by atoms with Crippen molar-refractivity contribution >= 4 is 44.6 Å². The number of nitrogens with zero attached hydrogens (tertiary/aromatic N) is 2. The lowest BCUT2D eigenvalue weighted by atomic mass is 10.1. The highest BCUT2D eigenvalue weighted by Gasteiger charge is 2.16. The molecule has 0 saturated carbocycles. The maximum atomic E-state index is 11.4. The van der Waals surface area contributed by atoms with Crippen LogP contribution in [0.5, 0.6) is 5.75 Å². The van der Waals surface area contributed by atoms with Crippen LogP contribution in [0.3, 0.4) is 0 Å². The van der Waals surface area contributed by atoms with Crippen molar-refractivity contribution < 1.29 is 14.3 Å². The molecule has 0 atom stereocenters. The normalized spacial score (nSPS) is 12.9. The molecule has 0 fully saturated rings. The van der Waals surface area contributed by atoms with Crippen LogP contribution in [0.15, 0.2) is 27.1 Å². The number of ether oxygens (including phenoxy) is 2. The van der Waals surface area contributed by atoms with Gasteiger partial charge in [-0.3, -0.25) is 10.2 Å². The molecule has 0 spiro atoms. The number of esters is 1. The molecule has 6 nitrogen and oxygen atoms in total. The second-order valence-corrected chi connectivity index (χ2v) is 6.80. The van der Waals surface area contributed by atoms with Gasteiger partial charge in [0.2, 0.25) is 5.13 Å². The van der Waals surface area contributed by atoms with Crippen molar-refractivity contribution in [3.63, 3.8) is 0 Å². The Labute approximate surface area is 152 Å². The summed E-state index contributed by atoms with van der Waals surface area (Å²) in [6, 6.07) is 4.02. The highest BCUT2D eigenvalue weighted by molar-refractivity contribution is 9.10. The van der Waals surface area contributed by atoms with Crippen LogP contribution < -0.4 is 10.2 Å². The summed E-state index contributed by atoms with van der Waals surface area (Å²) >= 11 is 4.91. The number of nitrogens with one attached hydrogen (secondary N) is 1. The first kappa shape index (κ1) is 16.9. The van der Waals surface area contributed by atoms with Crippen LogP contribution in [0.25, 0.3) is 0 Å². The highest BCUT2D eigenvalue weighted by atomic mass is 79.9. The zero-order chi connectivity index (χ0) is 16.9. The summed E-state index contributed by atoms with van der Waals surface area (Å²) in [5.74, 6) is 0.645. The number of carbonyl (C=O) groups excluding carboxylic acids is 1. The van der Waals surface area contributed by atoms with Crippen LogP contribution in [0, 0.1) is 0 Å². The summed E-state index contributed by atoms with van der Waals surface area (Å²) in [4.78, 5) is 15.7. The molecule has 1 N–H and O–H groups in total. The number of halogens is 1. The van der Waals surface area contributed by atoms with Gasteiger partial charge >= 0.3 is 5.97 Å². The quantitative estimate of drug-likeness (QED) is 0.449. The summed E-state index contributed by atoms with van der Waals surface area (Å²) in [5, 5.41) is 6.65. The molecule has 0 amide bonds. The molecule has 1 aromatic heterocycles. The van der Waals surface area contributed by atoms with Crippen molar-refractivity contribution in [3.8, 4) is 5.75 Å². The number of hydrogen-bond acceptors (Lipinski definition) is 7. The number of carbonyl (C=O) groups is 1. The van der Waals surface area contributed by atoms with E-state index >= 15 is 0 Å². The van der Waals surface area contributed by atoms with Gasteiger partial charge in [0.1, 0.15) is 5.75 Å². The zero-order valence-corrected chi connectivity index (χ0v) is 15.4. The highest BCUT2D eigenvalue weighted by Crippen LogP contribution is 2.34. The molecule has 126 valence electrons. The number of aromatic nitrogens is 1. The first-order valence-electron chi connectivity index (χ1n) is 7.50. The average molecular weight is 410 g/mol. The van der Waals surface area contributed by atoms with Gasteiger partial charge in [-0.25, -0.2) is 4.98 Å². The molecule has 2 aromatic rings. The van der Waals surface area contributed by atoms with E-state index in [4.69, 9.17) is 9.47 Å². The van der Waals surface area contributed by atoms with Crippen molar-refractivity contribution in [1.29, 1.82) is 0 Å². The van der Waals surface area contributed by atoms with Crippen LogP contribution in [0.4, 0.5) is 5.13 Å². The van der Waals surface area contributed by atoms with Crippen LogP contribution in [0.2, 0.25) is 0 Å². The van der Waals surface area contributed by atoms with Crippen molar-refractivity contribution in [2.75, 3.05) is 18.6 Å². The fraction of sp³-hybridized carbons (Fsp3) is 0.312. The van der Waals surface area contributed by atoms with Crippen LogP contribution in [0.1, 0.15) is 23.7 Å². The molecular weight excluding hydrogens is 394 g/mol. The summed E-state index contributed by atoms with van der Waals surface area (Å²) in [7, 11) is 0. The Morgan fingerprint density at radius 3 is 3.29 bits per heavy atom. The van der Waals surface area contributed by atoms with E-state index in [1.807, 2.05) is 11.4 Å². The maximum Gasteiger partial charge on any atom is 0.311 e. The van der Waals surface area contributed by atoms with Crippen LogP contribution in [-0.4, -0.2) is 30.4 Å². The third-order valence-electron chi connectivity index (χ3n) is 3.32. The number of rotatable bonds is 6. The van der Waals surface area contributed by atoms with Gasteiger partial charge in [-0.05, 0) is 46.1 Å². The van der Waals surface area contributed by atoms with Crippen LogP contribution >= 0.6 is 27.3 Å². The molecule has 3 rings (SSSR count). The molecule has 24 heavy (non-hydrogen) atoms. The van der Waals surface area contributed by atoms with Gasteiger partial charge in [0.25, 0.3) is 0 Å². The Bertz CT molecular complexity index is 776. The SMILES string of the molecule is CCOC(=O)Cc1csc(NN=Cc2cc(Br)c3c(c2)CCO3)n1. The lowest BCUT2D eigenvalue weighted by Gasteiger charge is -2.03. The first-order valence-corrected chi connectivity index (χ1v) is 9.17. The van der Waals surface area contributed by atoms with E-state index in [2.05, 4.69) is 37.5 Å². The summed E-state index contributed by atoms with van der Waals surface area (Å²) in [6.07, 6.45) is 2.82. The lowest BCUT2D eigenvalue weighted by Crippen LogP contribution is -2.07. The van der Waals surface area contributed by atoms with E-state index < -0.39 is 0 Å². The minimum Gasteiger partial charge on any atom is -0.492 e. The summed E-state index contributed by atoms with van der Waals surface area (Å²) in [5.41, 5.74) is 5.71. The van der Waals surface area contributed by atoms with E-state index in [-0.39, 0.29) is 12.4 Å². The van der Waals surface area contributed by atoms with Crippen molar-refractivity contribution in [2.45, 2.75) is 19.8 Å². The summed E-state index contributed by atoms with van der Waals surface area (Å²) in [6.45, 7) is 2.87. The van der Waals surface area contributed by atoms with E-state index in [1.54, 1.807) is 13.1 Å². The molecule has 0 aliphatic carbocycles. The Balaban J connectivity index is 1.60. The smallest absolute Gasteiger partial charge is 0.311 e. The van der Waals surface area contributed by atoms with Gasteiger partial charge in [-0.2, -0.15) is 5.10 Å². The fourth-order valence-corrected chi connectivity index (χ4v) is 3.61. The predicted molar refractivity (Wildman–Crippen MR) is 97.0 cm³/mol. The van der Waals surface area contributed by atoms with Gasteiger partial charge in [0.05, 0.1) is 36.0 Å². The largest absolute Gasteiger partial charge is 0.492 e. The third-order valence-corrected chi connectivity index (χ3v) is 4.70. The standard InChI is InChI=1S/C16H16BrN3O3S/c1-2-22-14(21)7-12-9-24-16(19-12)20-18-8-10-5-11-3-4-23-15(11)13(17)6-10/h5-6,8-9H,2-4,7H2,1H3,(H,19,20). The van der Waals surface area contributed by atoms with Crippen molar-refractivity contribution in [3.05, 3.63) is 38.8 Å². The molecule has 2 heterocycles. The minimum absolute atomic E-state index is 0.174. The predicted octanol–water partition coefficient (Wildman–Crippen LogP) is 3.39. The molecule has 1 aliphatic rings. The minimum atomic E-state index is -0.275. The molecule has 0 unspecified atom stereocenters. The maximum absolute atomic E-state index is 11.4. The number of hydrazone groups is 1. The van der Waals surface area contributed by atoms with Gasteiger partial charge in [0, 0.05) is 11.8 Å². The Kier molecular flexibility index (Phi) is 5.47. The molecule has 1 aliphatic heterocycles. The zero-order valence-electron chi connectivity index (χ0n) is 13.0. The number of hydrogen-bond donors (Lipinski definition) is 1. The van der Waals surface area contributed by atoms with Gasteiger partial charge in [0.15, 0.2) is 0 Å². The number of fused-ring (bicyclic) bond motifs is 1. The van der Waals surface area contributed by atoms with Gasteiger partial charge in [-0.1, -0.05) is 0 Å². The van der Waals surface area contributed by atoms with Gasteiger partial charge in [-0.15, -0.1) is 11.3 Å². The second-order valence-electron chi connectivity index (χ2n) is 5.09. The van der Waals surface area contributed by atoms with E-state index in [1.165, 1.54) is 16.9 Å². The number of anilines is 1. The molecule has 8 heteroatoms. The Hall–Kier alpha value is -1.93. The topological polar surface area (TPSA) is 72.8 Å². The van der Waals surface area contributed by atoms with Crippen LogP contribution in [-0.2, 0) is 22.4 Å². The lowest BCUT2D eigenvalue weighted by molar-refractivity contribution is -0.142. The van der Waals surface area contributed by atoms with Gasteiger partial charge < -0.3 is 9.47 Å².